The van der Waals surface area contributed by atoms with Crippen molar-refractivity contribution in [3.63, 3.8) is 0 Å². The summed E-state index contributed by atoms with van der Waals surface area (Å²) >= 11 is 5.82. The van der Waals surface area contributed by atoms with Crippen LogP contribution >= 0.6 is 11.6 Å². The molecular weight excluding hydrogens is 274 g/mol. The number of aryl methyl sites for hydroxylation is 1. The highest BCUT2D eigenvalue weighted by atomic mass is 35.5. The molecule has 2 unspecified atom stereocenters. The van der Waals surface area contributed by atoms with Crippen LogP contribution in [-0.4, -0.2) is 23.0 Å². The molecule has 0 saturated carbocycles. The van der Waals surface area contributed by atoms with Gasteiger partial charge in [-0.2, -0.15) is 0 Å². The number of rotatable bonds is 3. The molecule has 4 nitrogen and oxygen atoms in total. The van der Waals surface area contributed by atoms with E-state index in [1.165, 1.54) is 12.8 Å². The molecule has 1 amide bonds. The van der Waals surface area contributed by atoms with Crippen LogP contribution in [-0.2, 0) is 4.79 Å². The molecule has 0 aromatic carbocycles. The Hall–Kier alpha value is -1.13. The highest BCUT2D eigenvalue weighted by molar-refractivity contribution is 6.29. The average Bonchev–Trinajstić information content (AvgIpc) is 2.72. The Balaban J connectivity index is 1.57. The van der Waals surface area contributed by atoms with Gasteiger partial charge in [-0.3, -0.25) is 4.79 Å². The van der Waals surface area contributed by atoms with Crippen LogP contribution in [0.3, 0.4) is 0 Å². The number of amides is 1. The van der Waals surface area contributed by atoms with Crippen LogP contribution in [0.2, 0.25) is 5.15 Å². The van der Waals surface area contributed by atoms with Gasteiger partial charge in [0.05, 0.1) is 11.4 Å². The van der Waals surface area contributed by atoms with Crippen molar-refractivity contribution in [2.75, 3.05) is 5.32 Å². The Morgan fingerprint density at radius 1 is 1.40 bits per heavy atom. The zero-order valence-corrected chi connectivity index (χ0v) is 12.4. The van der Waals surface area contributed by atoms with E-state index < -0.39 is 0 Å². The van der Waals surface area contributed by atoms with Crippen molar-refractivity contribution < 1.29 is 4.79 Å². The summed E-state index contributed by atoms with van der Waals surface area (Å²) < 4.78 is 0. The van der Waals surface area contributed by atoms with Gasteiger partial charge in [0.15, 0.2) is 0 Å². The van der Waals surface area contributed by atoms with E-state index in [4.69, 9.17) is 11.6 Å². The Morgan fingerprint density at radius 3 is 2.75 bits per heavy atom. The fraction of sp³-hybridized carbons (Fsp3) is 0.600. The third kappa shape index (κ3) is 3.13. The van der Waals surface area contributed by atoms with E-state index in [2.05, 4.69) is 15.6 Å². The largest absolute Gasteiger partial charge is 0.324 e. The second-order valence-electron chi connectivity index (χ2n) is 5.99. The van der Waals surface area contributed by atoms with E-state index in [9.17, 15) is 4.79 Å². The predicted octanol–water partition coefficient (Wildman–Crippen LogP) is 2.90. The van der Waals surface area contributed by atoms with Gasteiger partial charge in [0.2, 0.25) is 5.91 Å². The maximum Gasteiger partial charge on any atom is 0.224 e. The number of hydrogen-bond donors (Lipinski definition) is 2. The molecule has 0 aliphatic carbocycles. The molecule has 2 atom stereocenters. The predicted molar refractivity (Wildman–Crippen MR) is 79.9 cm³/mol. The second kappa shape index (κ2) is 5.70. The molecule has 20 heavy (non-hydrogen) atoms. The topological polar surface area (TPSA) is 54.0 Å². The molecule has 2 fully saturated rings. The fourth-order valence-electron chi connectivity index (χ4n) is 3.47. The van der Waals surface area contributed by atoms with Crippen molar-refractivity contribution >= 4 is 23.2 Å². The number of carbonyl (C=O) groups excluding carboxylic acids is 1. The molecule has 0 spiro atoms. The zero-order chi connectivity index (χ0) is 14.1. The molecule has 3 rings (SSSR count). The third-order valence-electron chi connectivity index (χ3n) is 4.37. The summed E-state index contributed by atoms with van der Waals surface area (Å²) in [4.78, 5) is 16.3. The van der Waals surface area contributed by atoms with Crippen LogP contribution in [0.25, 0.3) is 0 Å². The van der Waals surface area contributed by atoms with E-state index in [0.717, 1.165) is 24.2 Å². The zero-order valence-electron chi connectivity index (χ0n) is 11.7. The highest BCUT2D eigenvalue weighted by Gasteiger charge is 2.34. The van der Waals surface area contributed by atoms with Gasteiger partial charge in [0, 0.05) is 18.5 Å². The van der Waals surface area contributed by atoms with Gasteiger partial charge in [-0.15, -0.1) is 0 Å². The summed E-state index contributed by atoms with van der Waals surface area (Å²) in [5, 5.41) is 7.01. The first kappa shape index (κ1) is 13.8. The Labute approximate surface area is 124 Å². The summed E-state index contributed by atoms with van der Waals surface area (Å²) in [7, 11) is 0. The molecule has 1 aromatic rings. The van der Waals surface area contributed by atoms with Crippen molar-refractivity contribution in [1.82, 2.24) is 10.3 Å². The van der Waals surface area contributed by atoms with Crippen LogP contribution in [0.4, 0.5) is 5.69 Å². The van der Waals surface area contributed by atoms with Gasteiger partial charge in [-0.1, -0.05) is 11.6 Å². The van der Waals surface area contributed by atoms with E-state index >= 15 is 0 Å². The van der Waals surface area contributed by atoms with Crippen molar-refractivity contribution in [3.8, 4) is 0 Å². The quantitative estimate of drug-likeness (QED) is 0.843. The first-order valence-electron chi connectivity index (χ1n) is 7.29. The van der Waals surface area contributed by atoms with E-state index in [1.807, 2.05) is 13.0 Å². The third-order valence-corrected chi connectivity index (χ3v) is 4.58. The van der Waals surface area contributed by atoms with Crippen molar-refractivity contribution in [2.45, 2.75) is 51.1 Å². The minimum Gasteiger partial charge on any atom is -0.324 e. The first-order chi connectivity index (χ1) is 9.60. The maximum atomic E-state index is 12.2. The lowest BCUT2D eigenvalue weighted by molar-refractivity contribution is -0.117. The van der Waals surface area contributed by atoms with Crippen LogP contribution in [0, 0.1) is 12.8 Å². The molecule has 2 N–H and O–H groups in total. The Morgan fingerprint density at radius 2 is 2.10 bits per heavy atom. The van der Waals surface area contributed by atoms with Crippen molar-refractivity contribution in [2.24, 2.45) is 5.92 Å². The van der Waals surface area contributed by atoms with Crippen molar-refractivity contribution in [3.05, 3.63) is 23.0 Å². The number of halogens is 1. The molecule has 0 radical (unpaired) electrons. The number of hydrogen-bond acceptors (Lipinski definition) is 3. The highest BCUT2D eigenvalue weighted by Crippen LogP contribution is 2.32. The number of carbonyl (C=O) groups is 1. The second-order valence-corrected chi connectivity index (χ2v) is 6.38. The molecule has 2 aliphatic heterocycles. The number of aromatic nitrogens is 1. The average molecular weight is 294 g/mol. The van der Waals surface area contributed by atoms with E-state index in [0.29, 0.717) is 29.6 Å². The molecule has 2 saturated heterocycles. The smallest absolute Gasteiger partial charge is 0.224 e. The van der Waals surface area contributed by atoms with Gasteiger partial charge < -0.3 is 10.6 Å². The lowest BCUT2D eigenvalue weighted by Gasteiger charge is -2.28. The number of nitrogens with zero attached hydrogens (tertiary/aromatic N) is 1. The standard InChI is InChI=1S/C15H20ClN3O/c1-9-13(4-5-14(16)17-9)19-15(20)8-10-6-11-2-3-12(7-10)18-11/h4-5,10-12,18H,2-3,6-8H2,1H3,(H,19,20). The first-order valence-corrected chi connectivity index (χ1v) is 7.67. The number of fused-ring (bicyclic) bond motifs is 2. The number of pyridine rings is 1. The van der Waals surface area contributed by atoms with Gasteiger partial charge >= 0.3 is 0 Å². The van der Waals surface area contributed by atoms with Crippen LogP contribution in [0.1, 0.15) is 37.8 Å². The van der Waals surface area contributed by atoms with Crippen molar-refractivity contribution in [1.29, 1.82) is 0 Å². The molecule has 5 heteroatoms. The number of anilines is 1. The lowest BCUT2D eigenvalue weighted by atomic mass is 9.89. The summed E-state index contributed by atoms with van der Waals surface area (Å²) in [5.74, 6) is 0.595. The van der Waals surface area contributed by atoms with E-state index in [-0.39, 0.29) is 5.91 Å². The molecule has 1 aromatic heterocycles. The monoisotopic (exact) mass is 293 g/mol. The van der Waals surface area contributed by atoms with Crippen LogP contribution < -0.4 is 10.6 Å². The normalized spacial score (nSPS) is 28.4. The summed E-state index contributed by atoms with van der Waals surface area (Å²) in [6, 6.07) is 4.78. The molecule has 108 valence electrons. The summed E-state index contributed by atoms with van der Waals surface area (Å²) in [6.07, 6.45) is 5.40. The summed E-state index contributed by atoms with van der Waals surface area (Å²) in [5.41, 5.74) is 1.52. The minimum atomic E-state index is 0.0866. The fourth-order valence-corrected chi connectivity index (χ4v) is 3.66. The number of piperidine rings is 1. The van der Waals surface area contributed by atoms with Crippen LogP contribution in [0.15, 0.2) is 12.1 Å². The minimum absolute atomic E-state index is 0.0866. The van der Waals surface area contributed by atoms with E-state index in [1.54, 1.807) is 6.07 Å². The molecule has 2 aliphatic rings. The number of nitrogens with one attached hydrogen (secondary N) is 2. The molecule has 3 heterocycles. The van der Waals surface area contributed by atoms with Gasteiger partial charge in [0.1, 0.15) is 5.15 Å². The lowest BCUT2D eigenvalue weighted by Crippen LogP contribution is -2.39. The maximum absolute atomic E-state index is 12.2. The summed E-state index contributed by atoms with van der Waals surface area (Å²) in [6.45, 7) is 1.85. The van der Waals surface area contributed by atoms with Gasteiger partial charge in [-0.05, 0) is 50.7 Å². The van der Waals surface area contributed by atoms with Gasteiger partial charge in [0.25, 0.3) is 0 Å². The van der Waals surface area contributed by atoms with Gasteiger partial charge in [-0.25, -0.2) is 4.98 Å². The SMILES string of the molecule is Cc1nc(Cl)ccc1NC(=O)CC1CC2CCC(C1)N2. The van der Waals surface area contributed by atoms with Crippen LogP contribution in [0.5, 0.6) is 0 Å². The Kier molecular flexibility index (Phi) is 3.94. The Bertz CT molecular complexity index is 508. The molecular formula is C15H20ClN3O. The molecule has 2 bridgehead atoms.